The Bertz CT molecular complexity index is 679. The summed E-state index contributed by atoms with van der Waals surface area (Å²) in [7, 11) is -1.18. The van der Waals surface area contributed by atoms with E-state index in [1.807, 2.05) is 60.7 Å². The molecule has 0 aliphatic rings. The van der Waals surface area contributed by atoms with E-state index in [1.165, 1.54) is 0 Å². The smallest absolute Gasteiger partial charge is 0.183 e. The molecule has 0 fully saturated rings. The summed E-state index contributed by atoms with van der Waals surface area (Å²) < 4.78 is 17.6. The highest BCUT2D eigenvalue weighted by molar-refractivity contribution is 7.84. The minimum absolute atomic E-state index is 0.574. The van der Waals surface area contributed by atoms with E-state index in [2.05, 4.69) is 5.16 Å². The number of aromatic nitrogens is 1. The Morgan fingerprint density at radius 3 is 2.00 bits per heavy atom. The third kappa shape index (κ3) is 2.30. The summed E-state index contributed by atoms with van der Waals surface area (Å²) in [6.45, 7) is 0. The Morgan fingerprint density at radius 2 is 1.45 bits per heavy atom. The first-order chi connectivity index (χ1) is 9.77. The van der Waals surface area contributed by atoms with Gasteiger partial charge in [-0.25, -0.2) is 0 Å². The minimum atomic E-state index is -1.18. The molecule has 3 rings (SSSR count). The highest BCUT2D eigenvalue weighted by Crippen LogP contribution is 2.34. The van der Waals surface area contributed by atoms with Crippen LogP contribution in [-0.2, 0) is 10.8 Å². The van der Waals surface area contributed by atoms with Gasteiger partial charge in [0.15, 0.2) is 5.76 Å². The van der Waals surface area contributed by atoms with E-state index in [0.717, 1.165) is 11.1 Å². The third-order valence-electron chi connectivity index (χ3n) is 3.02. The molecule has 0 spiro atoms. The molecular formula is C16H13NO2S. The summed E-state index contributed by atoms with van der Waals surface area (Å²) in [6, 6.07) is 19.3. The Labute approximate surface area is 119 Å². The number of nitrogens with zero attached hydrogens (tertiary/aromatic N) is 1. The molecule has 0 saturated carbocycles. The van der Waals surface area contributed by atoms with Crippen LogP contribution in [0.5, 0.6) is 0 Å². The highest BCUT2D eigenvalue weighted by atomic mass is 32.2. The number of hydrogen-bond acceptors (Lipinski definition) is 3. The fourth-order valence-corrected chi connectivity index (χ4v) is 2.95. The van der Waals surface area contributed by atoms with Gasteiger partial charge >= 0.3 is 0 Å². The first-order valence-corrected chi connectivity index (χ1v) is 7.77. The van der Waals surface area contributed by atoms with Gasteiger partial charge < -0.3 is 4.52 Å². The van der Waals surface area contributed by atoms with Crippen LogP contribution in [0, 0.1) is 0 Å². The van der Waals surface area contributed by atoms with Crippen molar-refractivity contribution in [1.82, 2.24) is 5.16 Å². The summed E-state index contributed by atoms with van der Waals surface area (Å²) in [5, 5.41) is 4.12. The van der Waals surface area contributed by atoms with Crippen LogP contribution in [-0.4, -0.2) is 15.6 Å². The number of rotatable bonds is 3. The van der Waals surface area contributed by atoms with Gasteiger partial charge in [-0.05, 0) is 0 Å². The largest absolute Gasteiger partial charge is 0.354 e. The topological polar surface area (TPSA) is 43.1 Å². The second-order valence-electron chi connectivity index (χ2n) is 4.38. The molecule has 0 aliphatic heterocycles. The molecule has 20 heavy (non-hydrogen) atoms. The van der Waals surface area contributed by atoms with Crippen molar-refractivity contribution >= 4 is 10.8 Å². The van der Waals surface area contributed by atoms with E-state index in [0.29, 0.717) is 16.3 Å². The normalized spacial score (nSPS) is 12.2. The van der Waals surface area contributed by atoms with Crippen molar-refractivity contribution in [3.05, 3.63) is 60.7 Å². The molecule has 2 aromatic carbocycles. The fraction of sp³-hybridized carbons (Fsp3) is 0.0625. The van der Waals surface area contributed by atoms with Crippen molar-refractivity contribution in [1.29, 1.82) is 0 Å². The average Bonchev–Trinajstić information content (AvgIpc) is 2.94. The lowest BCUT2D eigenvalue weighted by molar-refractivity contribution is 0.433. The second-order valence-corrected chi connectivity index (χ2v) is 5.69. The highest BCUT2D eigenvalue weighted by Gasteiger charge is 2.21. The van der Waals surface area contributed by atoms with Crippen molar-refractivity contribution in [2.24, 2.45) is 0 Å². The van der Waals surface area contributed by atoms with E-state index < -0.39 is 10.8 Å². The summed E-state index contributed by atoms with van der Waals surface area (Å²) in [5.41, 5.74) is 2.43. The quantitative estimate of drug-likeness (QED) is 0.735. The van der Waals surface area contributed by atoms with Gasteiger partial charge in [0.1, 0.15) is 10.6 Å². The zero-order valence-corrected chi connectivity index (χ0v) is 11.8. The van der Waals surface area contributed by atoms with E-state index in [4.69, 9.17) is 4.52 Å². The first kappa shape index (κ1) is 12.8. The standard InChI is InChI=1S/C16H13NO2S/c1-20(18)16-14(12-8-4-2-5-9-12)17-19-15(16)13-10-6-3-7-11-13/h2-11H,1H3. The van der Waals surface area contributed by atoms with Crippen LogP contribution in [0.15, 0.2) is 70.1 Å². The van der Waals surface area contributed by atoms with Gasteiger partial charge in [0.2, 0.25) is 0 Å². The Balaban J connectivity index is 2.20. The van der Waals surface area contributed by atoms with Crippen molar-refractivity contribution in [2.75, 3.05) is 6.26 Å². The third-order valence-corrected chi connectivity index (χ3v) is 3.97. The van der Waals surface area contributed by atoms with Crippen LogP contribution in [0.2, 0.25) is 0 Å². The van der Waals surface area contributed by atoms with E-state index >= 15 is 0 Å². The molecule has 100 valence electrons. The summed E-state index contributed by atoms with van der Waals surface area (Å²) in [6.07, 6.45) is 1.64. The Kier molecular flexibility index (Phi) is 3.48. The van der Waals surface area contributed by atoms with Gasteiger partial charge in [-0.3, -0.25) is 4.21 Å². The molecule has 1 atom stereocenters. The average molecular weight is 283 g/mol. The molecule has 0 N–H and O–H groups in total. The lowest BCUT2D eigenvalue weighted by Gasteiger charge is -2.01. The molecule has 0 saturated heterocycles. The zero-order valence-electron chi connectivity index (χ0n) is 10.9. The summed E-state index contributed by atoms with van der Waals surface area (Å²) in [4.78, 5) is 0.641. The van der Waals surface area contributed by atoms with Gasteiger partial charge in [0, 0.05) is 17.4 Å². The van der Waals surface area contributed by atoms with Crippen molar-refractivity contribution < 1.29 is 8.73 Å². The van der Waals surface area contributed by atoms with E-state index in [1.54, 1.807) is 6.26 Å². The Hall–Kier alpha value is -2.20. The van der Waals surface area contributed by atoms with Gasteiger partial charge in [-0.1, -0.05) is 65.8 Å². The van der Waals surface area contributed by atoms with Crippen molar-refractivity contribution in [3.8, 4) is 22.6 Å². The predicted molar refractivity (Wildman–Crippen MR) is 79.7 cm³/mol. The molecule has 0 amide bonds. The number of hydrogen-bond donors (Lipinski definition) is 0. The van der Waals surface area contributed by atoms with E-state index in [9.17, 15) is 4.21 Å². The maximum Gasteiger partial charge on any atom is 0.183 e. The molecule has 1 aromatic heterocycles. The van der Waals surface area contributed by atoms with E-state index in [-0.39, 0.29) is 0 Å². The van der Waals surface area contributed by atoms with Crippen LogP contribution < -0.4 is 0 Å². The van der Waals surface area contributed by atoms with Crippen LogP contribution in [0.25, 0.3) is 22.6 Å². The monoisotopic (exact) mass is 283 g/mol. The molecule has 1 unspecified atom stereocenters. The second kappa shape index (κ2) is 5.43. The molecule has 0 aliphatic carbocycles. The summed E-state index contributed by atoms with van der Waals surface area (Å²) >= 11 is 0. The lowest BCUT2D eigenvalue weighted by Crippen LogP contribution is -1.92. The van der Waals surface area contributed by atoms with Crippen LogP contribution in [0.3, 0.4) is 0 Å². The molecule has 0 bridgehead atoms. The zero-order chi connectivity index (χ0) is 13.9. The first-order valence-electron chi connectivity index (χ1n) is 6.21. The van der Waals surface area contributed by atoms with Crippen LogP contribution in [0.1, 0.15) is 0 Å². The van der Waals surface area contributed by atoms with Gasteiger partial charge in [-0.15, -0.1) is 0 Å². The number of benzene rings is 2. The molecule has 0 radical (unpaired) electrons. The molecule has 4 heteroatoms. The minimum Gasteiger partial charge on any atom is -0.354 e. The fourth-order valence-electron chi connectivity index (χ4n) is 2.10. The van der Waals surface area contributed by atoms with Crippen LogP contribution >= 0.6 is 0 Å². The maximum atomic E-state index is 12.1. The van der Waals surface area contributed by atoms with Crippen molar-refractivity contribution in [2.45, 2.75) is 4.90 Å². The van der Waals surface area contributed by atoms with Crippen LogP contribution in [0.4, 0.5) is 0 Å². The van der Waals surface area contributed by atoms with Gasteiger partial charge in [-0.2, -0.15) is 0 Å². The maximum absolute atomic E-state index is 12.1. The Morgan fingerprint density at radius 1 is 0.900 bits per heavy atom. The SMILES string of the molecule is CS(=O)c1c(-c2ccccc2)noc1-c1ccccc1. The molecule has 3 nitrogen and oxygen atoms in total. The van der Waals surface area contributed by atoms with Gasteiger partial charge in [0.25, 0.3) is 0 Å². The lowest BCUT2D eigenvalue weighted by atomic mass is 10.1. The molecule has 3 aromatic rings. The van der Waals surface area contributed by atoms with Crippen molar-refractivity contribution in [3.63, 3.8) is 0 Å². The molecule has 1 heterocycles. The predicted octanol–water partition coefficient (Wildman–Crippen LogP) is 3.75. The summed E-state index contributed by atoms with van der Waals surface area (Å²) in [5.74, 6) is 0.574. The molecular weight excluding hydrogens is 270 g/mol. The van der Waals surface area contributed by atoms with Gasteiger partial charge in [0.05, 0.1) is 10.8 Å².